The SMILES string of the molecule is COC(=O)c1ccccc1NC(=O)C1CCCN(S(=O)(=O)c2cc(C)ccc2OC)C1. The van der Waals surface area contributed by atoms with Crippen LogP contribution in [-0.2, 0) is 19.6 Å². The Bertz CT molecular complexity index is 1080. The molecule has 0 saturated carbocycles. The Morgan fingerprint density at radius 1 is 1.13 bits per heavy atom. The number of piperidine rings is 1. The van der Waals surface area contributed by atoms with E-state index in [0.717, 1.165) is 5.56 Å². The van der Waals surface area contributed by atoms with Crippen LogP contribution in [0.1, 0.15) is 28.8 Å². The first-order valence-corrected chi connectivity index (χ1v) is 11.3. The molecule has 0 spiro atoms. The summed E-state index contributed by atoms with van der Waals surface area (Å²) in [7, 11) is -1.14. The Kier molecular flexibility index (Phi) is 6.97. The Balaban J connectivity index is 1.80. The molecule has 1 aliphatic rings. The molecular formula is C22H26N2O6S. The van der Waals surface area contributed by atoms with Crippen LogP contribution < -0.4 is 10.1 Å². The molecule has 3 rings (SSSR count). The Morgan fingerprint density at radius 2 is 1.87 bits per heavy atom. The van der Waals surface area contributed by atoms with E-state index in [9.17, 15) is 18.0 Å². The van der Waals surface area contributed by atoms with Crippen molar-refractivity contribution in [2.45, 2.75) is 24.7 Å². The summed E-state index contributed by atoms with van der Waals surface area (Å²) in [4.78, 5) is 24.9. The average molecular weight is 447 g/mol. The monoisotopic (exact) mass is 446 g/mol. The molecule has 1 unspecified atom stereocenters. The number of nitrogens with one attached hydrogen (secondary N) is 1. The van der Waals surface area contributed by atoms with E-state index >= 15 is 0 Å². The molecule has 1 saturated heterocycles. The number of rotatable bonds is 6. The number of aryl methyl sites for hydroxylation is 1. The van der Waals surface area contributed by atoms with Crippen molar-refractivity contribution < 1.29 is 27.5 Å². The molecule has 8 nitrogen and oxygen atoms in total. The predicted octanol–water partition coefficient (Wildman–Crippen LogP) is 2.83. The van der Waals surface area contributed by atoms with Gasteiger partial charge in [-0.15, -0.1) is 0 Å². The standard InChI is InChI=1S/C22H26N2O6S/c1-15-10-11-19(29-2)20(13-15)31(27,28)24-12-6-7-16(14-24)21(25)23-18-9-5-4-8-17(18)22(26)30-3/h4-5,8-11,13,16H,6-7,12,14H2,1-3H3,(H,23,25). The molecule has 9 heteroatoms. The van der Waals surface area contributed by atoms with E-state index in [1.54, 1.807) is 42.5 Å². The molecule has 0 bridgehead atoms. The van der Waals surface area contributed by atoms with Crippen molar-refractivity contribution in [2.75, 3.05) is 32.6 Å². The summed E-state index contributed by atoms with van der Waals surface area (Å²) >= 11 is 0. The number of esters is 1. The van der Waals surface area contributed by atoms with Crippen molar-refractivity contribution in [1.29, 1.82) is 0 Å². The van der Waals surface area contributed by atoms with Crippen molar-refractivity contribution in [3.05, 3.63) is 53.6 Å². The highest BCUT2D eigenvalue weighted by Gasteiger charge is 2.35. The number of hydrogen-bond donors (Lipinski definition) is 1. The van der Waals surface area contributed by atoms with Crippen LogP contribution in [0.3, 0.4) is 0 Å². The fourth-order valence-electron chi connectivity index (χ4n) is 3.61. The van der Waals surface area contributed by atoms with Gasteiger partial charge in [-0.2, -0.15) is 4.31 Å². The summed E-state index contributed by atoms with van der Waals surface area (Å²) < 4.78 is 37.9. The van der Waals surface area contributed by atoms with E-state index in [2.05, 4.69) is 5.32 Å². The van der Waals surface area contributed by atoms with Gasteiger partial charge >= 0.3 is 5.97 Å². The smallest absolute Gasteiger partial charge is 0.339 e. The van der Waals surface area contributed by atoms with Gasteiger partial charge in [0.05, 0.1) is 31.4 Å². The average Bonchev–Trinajstić information content (AvgIpc) is 2.79. The number of carbonyl (C=O) groups excluding carboxylic acids is 2. The van der Waals surface area contributed by atoms with Crippen molar-refractivity contribution in [3.63, 3.8) is 0 Å². The molecule has 1 aliphatic heterocycles. The van der Waals surface area contributed by atoms with E-state index in [-0.39, 0.29) is 28.7 Å². The topological polar surface area (TPSA) is 102 Å². The third-order valence-corrected chi connectivity index (χ3v) is 7.17. The van der Waals surface area contributed by atoms with E-state index in [1.807, 2.05) is 6.92 Å². The summed E-state index contributed by atoms with van der Waals surface area (Å²) in [5.74, 6) is -1.18. The first-order chi connectivity index (χ1) is 14.8. The zero-order chi connectivity index (χ0) is 22.6. The largest absolute Gasteiger partial charge is 0.495 e. The molecule has 0 aliphatic carbocycles. The number of para-hydroxylation sites is 1. The molecule has 166 valence electrons. The molecule has 0 radical (unpaired) electrons. The van der Waals surface area contributed by atoms with Gasteiger partial charge in [0.1, 0.15) is 10.6 Å². The van der Waals surface area contributed by atoms with Gasteiger partial charge < -0.3 is 14.8 Å². The molecule has 31 heavy (non-hydrogen) atoms. The zero-order valence-electron chi connectivity index (χ0n) is 17.8. The molecule has 2 aromatic carbocycles. The van der Waals surface area contributed by atoms with Crippen molar-refractivity contribution >= 4 is 27.6 Å². The number of carbonyl (C=O) groups is 2. The van der Waals surface area contributed by atoms with Gasteiger partial charge in [0.2, 0.25) is 15.9 Å². The minimum absolute atomic E-state index is 0.0473. The Hall–Kier alpha value is -2.91. The highest BCUT2D eigenvalue weighted by Crippen LogP contribution is 2.31. The number of ether oxygens (including phenoxy) is 2. The first kappa shape index (κ1) is 22.8. The van der Waals surface area contributed by atoms with Gasteiger partial charge in [-0.3, -0.25) is 4.79 Å². The lowest BCUT2D eigenvalue weighted by Gasteiger charge is -2.31. The third-order valence-electron chi connectivity index (χ3n) is 5.28. The summed E-state index contributed by atoms with van der Waals surface area (Å²) in [5, 5.41) is 2.75. The lowest BCUT2D eigenvalue weighted by molar-refractivity contribution is -0.120. The van der Waals surface area contributed by atoms with E-state index in [4.69, 9.17) is 9.47 Å². The first-order valence-electron chi connectivity index (χ1n) is 9.91. The minimum Gasteiger partial charge on any atom is -0.495 e. The molecule has 0 aromatic heterocycles. The van der Waals surface area contributed by atoms with Gasteiger partial charge in [-0.25, -0.2) is 13.2 Å². The zero-order valence-corrected chi connectivity index (χ0v) is 18.6. The van der Waals surface area contributed by atoms with Crippen LogP contribution in [0.25, 0.3) is 0 Å². The highest BCUT2D eigenvalue weighted by atomic mass is 32.2. The number of hydrogen-bond acceptors (Lipinski definition) is 6. The van der Waals surface area contributed by atoms with Gasteiger partial charge in [-0.1, -0.05) is 18.2 Å². The predicted molar refractivity (Wildman–Crippen MR) is 116 cm³/mol. The summed E-state index contributed by atoms with van der Waals surface area (Å²) in [5.41, 5.74) is 1.37. The van der Waals surface area contributed by atoms with Gasteiger partial charge in [0.25, 0.3) is 0 Å². The number of anilines is 1. The third kappa shape index (κ3) is 4.88. The fourth-order valence-corrected chi connectivity index (χ4v) is 5.38. The van der Waals surface area contributed by atoms with E-state index in [1.165, 1.54) is 18.5 Å². The normalized spacial score (nSPS) is 17.1. The summed E-state index contributed by atoms with van der Waals surface area (Å²) in [6.07, 6.45) is 1.09. The van der Waals surface area contributed by atoms with Crippen LogP contribution in [0.2, 0.25) is 0 Å². The summed E-state index contributed by atoms with van der Waals surface area (Å²) in [6, 6.07) is 11.5. The van der Waals surface area contributed by atoms with Crippen LogP contribution in [-0.4, -0.2) is 51.9 Å². The number of nitrogens with zero attached hydrogens (tertiary/aromatic N) is 1. The molecular weight excluding hydrogens is 420 g/mol. The van der Waals surface area contributed by atoms with Crippen LogP contribution >= 0.6 is 0 Å². The van der Waals surface area contributed by atoms with Gasteiger partial charge in [-0.05, 0) is 49.6 Å². The summed E-state index contributed by atoms with van der Waals surface area (Å²) in [6.45, 7) is 2.18. The number of methoxy groups -OCH3 is 2. The lowest BCUT2D eigenvalue weighted by atomic mass is 9.98. The maximum Gasteiger partial charge on any atom is 0.339 e. The number of sulfonamides is 1. The van der Waals surface area contributed by atoms with E-state index in [0.29, 0.717) is 25.1 Å². The quantitative estimate of drug-likeness (QED) is 0.685. The molecule has 1 amide bonds. The van der Waals surface area contributed by atoms with Crippen molar-refractivity contribution in [3.8, 4) is 5.75 Å². The second kappa shape index (κ2) is 9.49. The minimum atomic E-state index is -3.84. The molecule has 1 heterocycles. The fraction of sp³-hybridized carbons (Fsp3) is 0.364. The van der Waals surface area contributed by atoms with Crippen molar-refractivity contribution in [1.82, 2.24) is 4.31 Å². The van der Waals surface area contributed by atoms with E-state index < -0.39 is 21.9 Å². The number of amides is 1. The highest BCUT2D eigenvalue weighted by molar-refractivity contribution is 7.89. The van der Waals surface area contributed by atoms with Crippen LogP contribution in [0.15, 0.2) is 47.4 Å². The second-order valence-electron chi connectivity index (χ2n) is 7.38. The van der Waals surface area contributed by atoms with Crippen LogP contribution in [0.5, 0.6) is 5.75 Å². The Labute approximate surface area is 182 Å². The Morgan fingerprint density at radius 3 is 2.58 bits per heavy atom. The maximum absolute atomic E-state index is 13.3. The van der Waals surface area contributed by atoms with Crippen LogP contribution in [0, 0.1) is 12.8 Å². The second-order valence-corrected chi connectivity index (χ2v) is 9.29. The lowest BCUT2D eigenvalue weighted by Crippen LogP contribution is -2.43. The van der Waals surface area contributed by atoms with Crippen LogP contribution in [0.4, 0.5) is 5.69 Å². The van der Waals surface area contributed by atoms with Gasteiger partial charge in [0.15, 0.2) is 0 Å². The molecule has 2 aromatic rings. The molecule has 1 N–H and O–H groups in total. The van der Waals surface area contributed by atoms with Crippen molar-refractivity contribution in [2.24, 2.45) is 5.92 Å². The molecule has 1 atom stereocenters. The molecule has 1 fully saturated rings. The maximum atomic E-state index is 13.3. The van der Waals surface area contributed by atoms with Gasteiger partial charge in [0, 0.05) is 13.1 Å². The number of benzene rings is 2.